The normalized spacial score (nSPS) is 16.1. The van der Waals surface area contributed by atoms with Gasteiger partial charge in [-0.25, -0.2) is 8.42 Å². The van der Waals surface area contributed by atoms with Gasteiger partial charge in [-0.05, 0) is 38.8 Å². The summed E-state index contributed by atoms with van der Waals surface area (Å²) in [5.74, 6) is -0.0410. The quantitative estimate of drug-likeness (QED) is 0.856. The maximum absolute atomic E-state index is 12.3. The number of amides is 1. The van der Waals surface area contributed by atoms with E-state index in [1.807, 2.05) is 24.3 Å². The van der Waals surface area contributed by atoms with E-state index in [0.29, 0.717) is 12.1 Å². The van der Waals surface area contributed by atoms with Crippen LogP contribution in [-0.4, -0.2) is 42.8 Å². The molecule has 0 spiro atoms. The van der Waals surface area contributed by atoms with E-state index < -0.39 is 14.6 Å². The number of carbonyl (C=O) groups excluding carboxylic acids is 1. The average molecular weight is 295 g/mol. The molecule has 1 aliphatic heterocycles. The Hall–Kier alpha value is -1.36. The highest BCUT2D eigenvalue weighted by molar-refractivity contribution is 7.92. The Morgan fingerprint density at radius 3 is 2.50 bits per heavy atom. The van der Waals surface area contributed by atoms with Gasteiger partial charge in [0.05, 0.1) is 10.5 Å². The molecule has 0 unspecified atom stereocenters. The zero-order valence-corrected chi connectivity index (χ0v) is 13.0. The largest absolute Gasteiger partial charge is 0.337 e. The van der Waals surface area contributed by atoms with E-state index in [1.54, 1.807) is 25.7 Å². The van der Waals surface area contributed by atoms with E-state index in [0.717, 1.165) is 12.0 Å². The van der Waals surface area contributed by atoms with Crippen LogP contribution in [0, 0.1) is 0 Å². The van der Waals surface area contributed by atoms with Crippen LogP contribution in [0.1, 0.15) is 36.7 Å². The lowest BCUT2D eigenvalue weighted by Gasteiger charge is -2.29. The molecule has 0 bridgehead atoms. The fourth-order valence-corrected chi connectivity index (χ4v) is 3.30. The molecule has 0 N–H and O–H groups in total. The first-order valence-electron chi connectivity index (χ1n) is 6.82. The molecule has 1 heterocycles. The number of sulfone groups is 1. The van der Waals surface area contributed by atoms with Crippen molar-refractivity contribution in [2.24, 2.45) is 0 Å². The molecule has 20 heavy (non-hydrogen) atoms. The van der Waals surface area contributed by atoms with Crippen molar-refractivity contribution >= 4 is 15.7 Å². The Morgan fingerprint density at radius 2 is 1.85 bits per heavy atom. The molecule has 0 saturated heterocycles. The molecule has 0 saturated carbocycles. The lowest BCUT2D eigenvalue weighted by molar-refractivity contribution is 0.0750. The SMILES string of the molecule is CC(C)(C)S(=O)(=O)CCN1CCc2ccccc2C1=O. The predicted molar refractivity (Wildman–Crippen MR) is 79.6 cm³/mol. The molecule has 1 aliphatic rings. The van der Waals surface area contributed by atoms with Crippen LogP contribution in [0.3, 0.4) is 0 Å². The minimum Gasteiger partial charge on any atom is -0.337 e. The van der Waals surface area contributed by atoms with Crippen LogP contribution in [0.25, 0.3) is 0 Å². The molecule has 110 valence electrons. The van der Waals surface area contributed by atoms with Gasteiger partial charge in [-0.2, -0.15) is 0 Å². The Balaban J connectivity index is 2.09. The highest BCUT2D eigenvalue weighted by Crippen LogP contribution is 2.20. The van der Waals surface area contributed by atoms with Crippen molar-refractivity contribution in [3.63, 3.8) is 0 Å². The van der Waals surface area contributed by atoms with Crippen LogP contribution in [0.2, 0.25) is 0 Å². The van der Waals surface area contributed by atoms with Gasteiger partial charge in [-0.15, -0.1) is 0 Å². The Bertz CT molecular complexity index is 614. The first-order chi connectivity index (χ1) is 9.22. The second-order valence-corrected chi connectivity index (χ2v) is 8.99. The van der Waals surface area contributed by atoms with Gasteiger partial charge < -0.3 is 4.90 Å². The van der Waals surface area contributed by atoms with Crippen molar-refractivity contribution in [2.75, 3.05) is 18.8 Å². The first-order valence-corrected chi connectivity index (χ1v) is 8.47. The Morgan fingerprint density at radius 1 is 1.20 bits per heavy atom. The van der Waals surface area contributed by atoms with Crippen molar-refractivity contribution in [2.45, 2.75) is 31.9 Å². The van der Waals surface area contributed by atoms with Gasteiger partial charge in [0.15, 0.2) is 9.84 Å². The molecule has 5 heteroatoms. The monoisotopic (exact) mass is 295 g/mol. The predicted octanol–water partition coefficient (Wildman–Crippen LogP) is 1.90. The number of hydrogen-bond acceptors (Lipinski definition) is 3. The van der Waals surface area contributed by atoms with E-state index in [4.69, 9.17) is 0 Å². The summed E-state index contributed by atoms with van der Waals surface area (Å²) in [5.41, 5.74) is 1.75. The van der Waals surface area contributed by atoms with Gasteiger partial charge in [-0.1, -0.05) is 18.2 Å². The number of rotatable bonds is 3. The number of nitrogens with zero attached hydrogens (tertiary/aromatic N) is 1. The molecule has 1 amide bonds. The molecule has 2 rings (SSSR count). The van der Waals surface area contributed by atoms with Gasteiger partial charge in [0, 0.05) is 18.7 Å². The third-order valence-electron chi connectivity index (χ3n) is 3.75. The van der Waals surface area contributed by atoms with Crippen LogP contribution in [-0.2, 0) is 16.3 Å². The Labute approximate surface area is 120 Å². The maximum Gasteiger partial charge on any atom is 0.254 e. The first kappa shape index (κ1) is 15.0. The fourth-order valence-electron chi connectivity index (χ4n) is 2.22. The van der Waals surface area contributed by atoms with Gasteiger partial charge in [0.1, 0.15) is 0 Å². The van der Waals surface area contributed by atoms with Gasteiger partial charge in [0.25, 0.3) is 5.91 Å². The van der Waals surface area contributed by atoms with E-state index in [9.17, 15) is 13.2 Å². The Kier molecular flexibility index (Phi) is 3.91. The number of fused-ring (bicyclic) bond motifs is 1. The molecular formula is C15H21NO3S. The van der Waals surface area contributed by atoms with Crippen molar-refractivity contribution < 1.29 is 13.2 Å². The summed E-state index contributed by atoms with van der Waals surface area (Å²) >= 11 is 0. The molecule has 0 atom stereocenters. The van der Waals surface area contributed by atoms with E-state index >= 15 is 0 Å². The average Bonchev–Trinajstić information content (AvgIpc) is 2.37. The minimum absolute atomic E-state index is 0.0183. The van der Waals surface area contributed by atoms with Gasteiger partial charge in [0.2, 0.25) is 0 Å². The van der Waals surface area contributed by atoms with Crippen LogP contribution in [0.4, 0.5) is 0 Å². The van der Waals surface area contributed by atoms with Crippen LogP contribution in [0.15, 0.2) is 24.3 Å². The molecule has 0 aliphatic carbocycles. The van der Waals surface area contributed by atoms with E-state index in [1.165, 1.54) is 0 Å². The second-order valence-electron chi connectivity index (χ2n) is 6.13. The molecule has 0 aromatic heterocycles. The van der Waals surface area contributed by atoms with Crippen LogP contribution >= 0.6 is 0 Å². The topological polar surface area (TPSA) is 54.5 Å². The summed E-state index contributed by atoms with van der Waals surface area (Å²) in [5, 5.41) is 0. The number of hydrogen-bond donors (Lipinski definition) is 0. The van der Waals surface area contributed by atoms with E-state index in [-0.39, 0.29) is 18.2 Å². The van der Waals surface area contributed by atoms with Crippen LogP contribution in [0.5, 0.6) is 0 Å². The molecule has 4 nitrogen and oxygen atoms in total. The van der Waals surface area contributed by atoms with Crippen molar-refractivity contribution in [3.8, 4) is 0 Å². The lowest BCUT2D eigenvalue weighted by Crippen LogP contribution is -2.42. The van der Waals surface area contributed by atoms with Gasteiger partial charge in [-0.3, -0.25) is 4.79 Å². The molecule has 0 radical (unpaired) electrons. The third-order valence-corrected chi connectivity index (χ3v) is 6.34. The van der Waals surface area contributed by atoms with E-state index in [2.05, 4.69) is 0 Å². The number of carbonyl (C=O) groups is 1. The third kappa shape index (κ3) is 2.87. The summed E-state index contributed by atoms with van der Waals surface area (Å²) in [6.07, 6.45) is 0.789. The molecule has 0 fully saturated rings. The van der Waals surface area contributed by atoms with Crippen molar-refractivity contribution in [3.05, 3.63) is 35.4 Å². The van der Waals surface area contributed by atoms with Crippen LogP contribution < -0.4 is 0 Å². The fraction of sp³-hybridized carbons (Fsp3) is 0.533. The van der Waals surface area contributed by atoms with Crippen molar-refractivity contribution in [1.29, 1.82) is 0 Å². The zero-order valence-electron chi connectivity index (χ0n) is 12.2. The standard InChI is InChI=1S/C15H21NO3S/c1-15(2,3)20(18,19)11-10-16-9-8-12-6-4-5-7-13(12)14(16)17/h4-7H,8-11H2,1-3H3. The summed E-state index contributed by atoms with van der Waals surface area (Å²) in [7, 11) is -3.19. The van der Waals surface area contributed by atoms with Gasteiger partial charge >= 0.3 is 0 Å². The minimum atomic E-state index is -3.19. The summed E-state index contributed by atoms with van der Waals surface area (Å²) in [6.45, 7) is 5.93. The summed E-state index contributed by atoms with van der Waals surface area (Å²) < 4.78 is 23.4. The maximum atomic E-state index is 12.3. The highest BCUT2D eigenvalue weighted by Gasteiger charge is 2.31. The zero-order chi connectivity index (χ0) is 15.0. The summed E-state index contributed by atoms with van der Waals surface area (Å²) in [6, 6.07) is 7.52. The molecule has 1 aromatic carbocycles. The summed E-state index contributed by atoms with van der Waals surface area (Å²) in [4.78, 5) is 14.0. The smallest absolute Gasteiger partial charge is 0.254 e. The van der Waals surface area contributed by atoms with Crippen molar-refractivity contribution in [1.82, 2.24) is 4.90 Å². The second kappa shape index (κ2) is 5.20. The number of benzene rings is 1. The highest BCUT2D eigenvalue weighted by atomic mass is 32.2. The molecular weight excluding hydrogens is 274 g/mol. The lowest BCUT2D eigenvalue weighted by atomic mass is 9.99. The molecule has 1 aromatic rings.